The number of nitrogens with one attached hydrogen (secondary N) is 1. The lowest BCUT2D eigenvalue weighted by Crippen LogP contribution is -2.50. The van der Waals surface area contributed by atoms with E-state index in [1.165, 1.54) is 12.1 Å². The van der Waals surface area contributed by atoms with Crippen molar-refractivity contribution in [2.75, 3.05) is 13.2 Å². The zero-order chi connectivity index (χ0) is 24.7. The number of carboxylic acids is 1. The molecule has 0 bridgehead atoms. The number of carbonyl (C=O) groups is 2. The summed E-state index contributed by atoms with van der Waals surface area (Å²) in [6.07, 6.45) is 2.57. The summed E-state index contributed by atoms with van der Waals surface area (Å²) in [6.45, 7) is 2.85. The zero-order valence-electron chi connectivity index (χ0n) is 19.4. The second kappa shape index (κ2) is 9.26. The summed E-state index contributed by atoms with van der Waals surface area (Å²) >= 11 is 0. The number of pyridine rings is 1. The highest BCUT2D eigenvalue weighted by molar-refractivity contribution is 6.10. The second-order valence-corrected chi connectivity index (χ2v) is 9.40. The summed E-state index contributed by atoms with van der Waals surface area (Å²) in [6, 6.07) is 9.26. The topological polar surface area (TPSA) is 109 Å². The largest absolute Gasteiger partial charge is 0.508 e. The molecule has 1 saturated heterocycles. The Balaban J connectivity index is 1.69. The SMILES string of the molecule is Cc1cc(-c2c(C3CCOCC3)nc(C(=O)NC3CCC3C(=O)O)c3cc(O)ccc23)ccc1F. The van der Waals surface area contributed by atoms with Crippen molar-refractivity contribution in [3.05, 3.63) is 59.2 Å². The van der Waals surface area contributed by atoms with E-state index in [1.54, 1.807) is 31.2 Å². The second-order valence-electron chi connectivity index (χ2n) is 9.40. The van der Waals surface area contributed by atoms with Gasteiger partial charge in [0, 0.05) is 36.1 Å². The maximum atomic E-state index is 14.1. The third-order valence-electron chi connectivity index (χ3n) is 7.19. The monoisotopic (exact) mass is 478 g/mol. The summed E-state index contributed by atoms with van der Waals surface area (Å²) in [7, 11) is 0. The maximum absolute atomic E-state index is 14.1. The van der Waals surface area contributed by atoms with Gasteiger partial charge >= 0.3 is 5.97 Å². The maximum Gasteiger partial charge on any atom is 0.308 e. The van der Waals surface area contributed by atoms with E-state index >= 15 is 0 Å². The van der Waals surface area contributed by atoms with Gasteiger partial charge in [0.2, 0.25) is 0 Å². The molecule has 1 aromatic heterocycles. The van der Waals surface area contributed by atoms with Crippen molar-refractivity contribution >= 4 is 22.6 Å². The fourth-order valence-corrected chi connectivity index (χ4v) is 5.07. The van der Waals surface area contributed by atoms with E-state index in [9.17, 15) is 24.2 Å². The number of aromatic nitrogens is 1. The number of aromatic hydroxyl groups is 1. The summed E-state index contributed by atoms with van der Waals surface area (Å²) in [5.74, 6) is -2.30. The van der Waals surface area contributed by atoms with Gasteiger partial charge in [0.1, 0.15) is 17.3 Å². The van der Waals surface area contributed by atoms with Gasteiger partial charge in [-0.25, -0.2) is 9.37 Å². The lowest BCUT2D eigenvalue weighted by atomic mass is 9.79. The number of hydrogen-bond acceptors (Lipinski definition) is 5. The minimum Gasteiger partial charge on any atom is -0.508 e. The number of nitrogens with zero attached hydrogens (tertiary/aromatic N) is 1. The molecule has 1 amide bonds. The van der Waals surface area contributed by atoms with E-state index < -0.39 is 23.8 Å². The predicted octanol–water partition coefficient (Wildman–Crippen LogP) is 4.54. The van der Waals surface area contributed by atoms with Crippen molar-refractivity contribution in [1.82, 2.24) is 10.3 Å². The molecule has 2 unspecified atom stereocenters. The molecule has 7 nitrogen and oxygen atoms in total. The van der Waals surface area contributed by atoms with E-state index in [0.29, 0.717) is 37.0 Å². The van der Waals surface area contributed by atoms with Gasteiger partial charge in [0.05, 0.1) is 11.6 Å². The van der Waals surface area contributed by atoms with Crippen LogP contribution in [0.3, 0.4) is 0 Å². The van der Waals surface area contributed by atoms with Crippen LogP contribution in [0.15, 0.2) is 36.4 Å². The molecule has 0 radical (unpaired) electrons. The first-order valence-corrected chi connectivity index (χ1v) is 11.9. The third kappa shape index (κ3) is 4.34. The van der Waals surface area contributed by atoms with Crippen LogP contribution in [-0.4, -0.2) is 46.3 Å². The number of aliphatic carboxylic acids is 1. The number of aryl methyl sites for hydroxylation is 1. The molecule has 2 aliphatic rings. The highest BCUT2D eigenvalue weighted by atomic mass is 19.1. The van der Waals surface area contributed by atoms with Crippen LogP contribution in [-0.2, 0) is 9.53 Å². The number of amides is 1. The molecule has 0 spiro atoms. The van der Waals surface area contributed by atoms with Gasteiger partial charge < -0.3 is 20.3 Å². The molecule has 5 rings (SSSR count). The molecular weight excluding hydrogens is 451 g/mol. The number of phenols is 1. The van der Waals surface area contributed by atoms with Crippen LogP contribution in [0.25, 0.3) is 21.9 Å². The van der Waals surface area contributed by atoms with Crippen LogP contribution in [0.5, 0.6) is 5.75 Å². The number of halogens is 1. The summed E-state index contributed by atoms with van der Waals surface area (Å²) in [5, 5.41) is 23.6. The Morgan fingerprint density at radius 1 is 1.06 bits per heavy atom. The quantitative estimate of drug-likeness (QED) is 0.497. The van der Waals surface area contributed by atoms with Gasteiger partial charge in [-0.3, -0.25) is 9.59 Å². The average Bonchev–Trinajstić information content (AvgIpc) is 2.82. The molecule has 8 heteroatoms. The van der Waals surface area contributed by atoms with Gasteiger partial charge in [-0.05, 0) is 79.5 Å². The Labute approximate surface area is 201 Å². The number of hydrogen-bond donors (Lipinski definition) is 3. The van der Waals surface area contributed by atoms with Crippen molar-refractivity contribution in [1.29, 1.82) is 0 Å². The van der Waals surface area contributed by atoms with Crippen molar-refractivity contribution in [2.24, 2.45) is 5.92 Å². The lowest BCUT2D eigenvalue weighted by molar-refractivity contribution is -0.145. The molecule has 3 N–H and O–H groups in total. The van der Waals surface area contributed by atoms with Gasteiger partial charge in [-0.1, -0.05) is 6.07 Å². The zero-order valence-corrected chi connectivity index (χ0v) is 19.4. The number of rotatable bonds is 5. The normalized spacial score (nSPS) is 20.4. The van der Waals surface area contributed by atoms with Crippen LogP contribution in [0.2, 0.25) is 0 Å². The molecule has 2 heterocycles. The molecule has 35 heavy (non-hydrogen) atoms. The number of phenolic OH excluding ortho intramolecular Hbond substituents is 1. The fraction of sp³-hybridized carbons (Fsp3) is 0.370. The fourth-order valence-electron chi connectivity index (χ4n) is 5.07. The number of carbonyl (C=O) groups excluding carboxylic acids is 1. The van der Waals surface area contributed by atoms with Crippen LogP contribution in [0.1, 0.15) is 53.3 Å². The van der Waals surface area contributed by atoms with Gasteiger partial charge in [-0.15, -0.1) is 0 Å². The molecule has 1 saturated carbocycles. The number of fused-ring (bicyclic) bond motifs is 1. The number of carboxylic acid groups (broad SMARTS) is 1. The standard InChI is InChI=1S/C27H27FN2O5/c1-14-12-16(2-6-21(14)28)23-18-4-3-17(31)13-20(18)25(30-24(23)15-8-10-35-11-9-15)26(32)29-22-7-5-19(22)27(33)34/h2-4,6,12-13,15,19,22,31H,5,7-11H2,1H3,(H,29,32)(H,33,34). The summed E-state index contributed by atoms with van der Waals surface area (Å²) in [4.78, 5) is 29.7. The average molecular weight is 479 g/mol. The minimum atomic E-state index is -0.929. The third-order valence-corrected chi connectivity index (χ3v) is 7.19. The highest BCUT2D eigenvalue weighted by Crippen LogP contribution is 2.41. The minimum absolute atomic E-state index is 0.0135. The summed E-state index contributed by atoms with van der Waals surface area (Å²) in [5.41, 5.74) is 2.96. The Morgan fingerprint density at radius 2 is 1.83 bits per heavy atom. The molecule has 1 aliphatic carbocycles. The van der Waals surface area contributed by atoms with Gasteiger partial charge in [0.15, 0.2) is 0 Å². The highest BCUT2D eigenvalue weighted by Gasteiger charge is 2.38. The molecule has 182 valence electrons. The predicted molar refractivity (Wildman–Crippen MR) is 128 cm³/mol. The molecule has 1 aliphatic heterocycles. The van der Waals surface area contributed by atoms with E-state index in [2.05, 4.69) is 5.32 Å². The Bertz CT molecular complexity index is 1320. The van der Waals surface area contributed by atoms with E-state index in [0.717, 1.165) is 35.0 Å². The van der Waals surface area contributed by atoms with Crippen molar-refractivity contribution in [2.45, 2.75) is 44.6 Å². The molecule has 2 aromatic carbocycles. The number of ether oxygens (including phenoxy) is 1. The Hall–Kier alpha value is -3.52. The lowest BCUT2D eigenvalue weighted by Gasteiger charge is -2.34. The van der Waals surface area contributed by atoms with Gasteiger partial charge in [-0.2, -0.15) is 0 Å². The van der Waals surface area contributed by atoms with Crippen molar-refractivity contribution in [3.63, 3.8) is 0 Å². The molecular formula is C27H27FN2O5. The van der Waals surface area contributed by atoms with Crippen LogP contribution >= 0.6 is 0 Å². The molecule has 2 fully saturated rings. The first-order chi connectivity index (χ1) is 16.8. The summed E-state index contributed by atoms with van der Waals surface area (Å²) < 4.78 is 19.6. The molecule has 3 aromatic rings. The van der Waals surface area contributed by atoms with E-state index in [1.807, 2.05) is 0 Å². The first kappa shape index (κ1) is 23.2. The van der Waals surface area contributed by atoms with Crippen molar-refractivity contribution in [3.8, 4) is 16.9 Å². The van der Waals surface area contributed by atoms with Crippen LogP contribution < -0.4 is 5.32 Å². The molecule has 2 atom stereocenters. The van der Waals surface area contributed by atoms with E-state index in [-0.39, 0.29) is 23.2 Å². The first-order valence-electron chi connectivity index (χ1n) is 11.9. The van der Waals surface area contributed by atoms with E-state index in [4.69, 9.17) is 9.72 Å². The number of benzene rings is 2. The smallest absolute Gasteiger partial charge is 0.308 e. The Morgan fingerprint density at radius 3 is 2.49 bits per heavy atom. The van der Waals surface area contributed by atoms with Gasteiger partial charge in [0.25, 0.3) is 5.91 Å². The van der Waals surface area contributed by atoms with Crippen LogP contribution in [0.4, 0.5) is 4.39 Å². The van der Waals surface area contributed by atoms with Crippen molar-refractivity contribution < 1.29 is 28.9 Å². The Kier molecular flexibility index (Phi) is 6.15. The van der Waals surface area contributed by atoms with Crippen LogP contribution in [0, 0.1) is 18.7 Å².